The molecule has 0 saturated carbocycles. The van der Waals surface area contributed by atoms with E-state index in [1.165, 1.54) is 5.56 Å². The predicted octanol–water partition coefficient (Wildman–Crippen LogP) is 2.28. The summed E-state index contributed by atoms with van der Waals surface area (Å²) in [5.41, 5.74) is 3.17. The van der Waals surface area contributed by atoms with Crippen LogP contribution in [-0.4, -0.2) is 16.1 Å². The van der Waals surface area contributed by atoms with Crippen molar-refractivity contribution in [1.29, 1.82) is 0 Å². The smallest absolute Gasteiger partial charge is 0.371 e. The summed E-state index contributed by atoms with van der Waals surface area (Å²) in [5, 5.41) is 12.1. The monoisotopic (exact) mass is 260 g/mol. The zero-order valence-corrected chi connectivity index (χ0v) is 10.9. The second-order valence-corrected chi connectivity index (χ2v) is 4.40. The minimum atomic E-state index is -1.04. The van der Waals surface area contributed by atoms with Crippen LogP contribution < -0.4 is 5.32 Å². The largest absolute Gasteiger partial charge is 0.475 e. The molecule has 0 fully saturated rings. The summed E-state index contributed by atoms with van der Waals surface area (Å²) in [4.78, 5) is 14.9. The van der Waals surface area contributed by atoms with E-state index in [0.717, 1.165) is 11.1 Å². The number of nitrogens with one attached hydrogen (secondary N) is 1. The number of carbonyl (C=O) groups is 1. The van der Waals surface area contributed by atoms with Gasteiger partial charge in [-0.15, -0.1) is 0 Å². The molecular formula is C14H16N2O3. The maximum absolute atomic E-state index is 10.8. The quantitative estimate of drug-likeness (QED) is 0.862. The summed E-state index contributed by atoms with van der Waals surface area (Å²) in [6.45, 7) is 5.05. The Morgan fingerprint density at radius 3 is 2.74 bits per heavy atom. The first-order chi connectivity index (χ1) is 9.08. The van der Waals surface area contributed by atoms with Gasteiger partial charge in [-0.2, -0.15) is 0 Å². The lowest BCUT2D eigenvalue weighted by Gasteiger charge is -2.06. The lowest BCUT2D eigenvalue weighted by atomic mass is 10.1. The standard InChI is InChI=1S/C14H16N2O3/c1-9-3-4-15-7-12(9)8-16-6-11-5-13(14(17)18)19-10(11)2/h3-5,7,16H,6,8H2,1-2H3,(H,17,18). The molecule has 0 unspecified atom stereocenters. The van der Waals surface area contributed by atoms with Crippen molar-refractivity contribution in [1.82, 2.24) is 10.3 Å². The Hall–Kier alpha value is -2.14. The second-order valence-electron chi connectivity index (χ2n) is 4.40. The van der Waals surface area contributed by atoms with Crippen LogP contribution in [0.3, 0.4) is 0 Å². The first-order valence-electron chi connectivity index (χ1n) is 6.00. The molecule has 19 heavy (non-hydrogen) atoms. The number of aromatic nitrogens is 1. The van der Waals surface area contributed by atoms with Gasteiger partial charge in [0, 0.05) is 31.0 Å². The van der Waals surface area contributed by atoms with Crippen molar-refractivity contribution in [3.8, 4) is 0 Å². The van der Waals surface area contributed by atoms with Gasteiger partial charge in [-0.05, 0) is 37.1 Å². The van der Waals surface area contributed by atoms with Gasteiger partial charge in [0.2, 0.25) is 5.76 Å². The first-order valence-corrected chi connectivity index (χ1v) is 6.00. The summed E-state index contributed by atoms with van der Waals surface area (Å²) >= 11 is 0. The molecule has 5 heteroatoms. The molecule has 2 aromatic rings. The Morgan fingerprint density at radius 2 is 2.11 bits per heavy atom. The number of hydrogen-bond acceptors (Lipinski definition) is 4. The number of carboxylic acid groups (broad SMARTS) is 1. The number of aryl methyl sites for hydroxylation is 2. The highest BCUT2D eigenvalue weighted by molar-refractivity contribution is 5.84. The molecule has 0 amide bonds. The fourth-order valence-electron chi connectivity index (χ4n) is 1.81. The van der Waals surface area contributed by atoms with E-state index in [4.69, 9.17) is 9.52 Å². The van der Waals surface area contributed by atoms with Crippen LogP contribution in [0.4, 0.5) is 0 Å². The van der Waals surface area contributed by atoms with Crippen LogP contribution in [0, 0.1) is 13.8 Å². The molecule has 0 bridgehead atoms. The van der Waals surface area contributed by atoms with Gasteiger partial charge < -0.3 is 14.8 Å². The van der Waals surface area contributed by atoms with Crippen molar-refractivity contribution in [3.05, 3.63) is 52.7 Å². The Kier molecular flexibility index (Phi) is 3.97. The van der Waals surface area contributed by atoms with E-state index >= 15 is 0 Å². The maximum Gasteiger partial charge on any atom is 0.371 e. The molecule has 2 aromatic heterocycles. The van der Waals surface area contributed by atoms with E-state index < -0.39 is 5.97 Å². The van der Waals surface area contributed by atoms with E-state index in [1.807, 2.05) is 19.2 Å². The molecule has 0 aliphatic rings. The highest BCUT2D eigenvalue weighted by atomic mass is 16.4. The highest BCUT2D eigenvalue weighted by Gasteiger charge is 2.12. The number of nitrogens with zero attached hydrogens (tertiary/aromatic N) is 1. The second kappa shape index (κ2) is 5.67. The summed E-state index contributed by atoms with van der Waals surface area (Å²) in [7, 11) is 0. The summed E-state index contributed by atoms with van der Waals surface area (Å²) in [5.74, 6) is -0.433. The van der Waals surface area contributed by atoms with Gasteiger partial charge in [0.15, 0.2) is 0 Å². The SMILES string of the molecule is Cc1ccncc1CNCc1cc(C(=O)O)oc1C. The minimum Gasteiger partial charge on any atom is -0.475 e. The van der Waals surface area contributed by atoms with Crippen molar-refractivity contribution in [2.45, 2.75) is 26.9 Å². The Bertz CT molecular complexity index is 590. The van der Waals surface area contributed by atoms with Crippen LogP contribution in [-0.2, 0) is 13.1 Å². The molecule has 5 nitrogen and oxygen atoms in total. The Labute approximate surface area is 111 Å². The zero-order chi connectivity index (χ0) is 13.8. The molecule has 100 valence electrons. The average Bonchev–Trinajstić information content (AvgIpc) is 2.74. The van der Waals surface area contributed by atoms with Gasteiger partial charge in [-0.3, -0.25) is 4.98 Å². The number of carboxylic acids is 1. The van der Waals surface area contributed by atoms with Crippen LogP contribution >= 0.6 is 0 Å². The van der Waals surface area contributed by atoms with Gasteiger partial charge in [0.1, 0.15) is 5.76 Å². The van der Waals surface area contributed by atoms with Crippen molar-refractivity contribution in [3.63, 3.8) is 0 Å². The van der Waals surface area contributed by atoms with E-state index in [2.05, 4.69) is 10.3 Å². The van der Waals surface area contributed by atoms with E-state index in [-0.39, 0.29) is 5.76 Å². The number of aromatic carboxylic acids is 1. The fraction of sp³-hybridized carbons (Fsp3) is 0.286. The van der Waals surface area contributed by atoms with E-state index in [0.29, 0.717) is 18.8 Å². The first kappa shape index (κ1) is 13.3. The summed E-state index contributed by atoms with van der Waals surface area (Å²) in [6, 6.07) is 3.52. The van der Waals surface area contributed by atoms with E-state index in [9.17, 15) is 4.79 Å². The Morgan fingerprint density at radius 1 is 1.37 bits per heavy atom. The van der Waals surface area contributed by atoms with Crippen molar-refractivity contribution in [2.75, 3.05) is 0 Å². The average molecular weight is 260 g/mol. The molecule has 0 aliphatic carbocycles. The van der Waals surface area contributed by atoms with E-state index in [1.54, 1.807) is 19.2 Å². The Balaban J connectivity index is 1.96. The molecule has 2 rings (SSSR count). The maximum atomic E-state index is 10.8. The third kappa shape index (κ3) is 3.20. The molecule has 0 atom stereocenters. The molecule has 0 aliphatic heterocycles. The normalized spacial score (nSPS) is 10.6. The third-order valence-electron chi connectivity index (χ3n) is 3.01. The molecule has 2 heterocycles. The topological polar surface area (TPSA) is 75.4 Å². The molecular weight excluding hydrogens is 244 g/mol. The highest BCUT2D eigenvalue weighted by Crippen LogP contribution is 2.14. The van der Waals surface area contributed by atoms with Gasteiger partial charge in [0.25, 0.3) is 0 Å². The van der Waals surface area contributed by atoms with Gasteiger partial charge in [0.05, 0.1) is 0 Å². The minimum absolute atomic E-state index is 0.0214. The third-order valence-corrected chi connectivity index (χ3v) is 3.01. The lowest BCUT2D eigenvalue weighted by molar-refractivity contribution is 0.0661. The number of rotatable bonds is 5. The van der Waals surface area contributed by atoms with Crippen LogP contribution in [0.5, 0.6) is 0 Å². The predicted molar refractivity (Wildman–Crippen MR) is 69.9 cm³/mol. The van der Waals surface area contributed by atoms with Crippen LogP contribution in [0.25, 0.3) is 0 Å². The molecule has 0 saturated heterocycles. The number of pyridine rings is 1. The fourth-order valence-corrected chi connectivity index (χ4v) is 1.81. The van der Waals surface area contributed by atoms with Crippen LogP contribution in [0.1, 0.15) is 33.0 Å². The number of hydrogen-bond donors (Lipinski definition) is 2. The number of furan rings is 1. The molecule has 2 N–H and O–H groups in total. The van der Waals surface area contributed by atoms with Gasteiger partial charge in [-0.1, -0.05) is 0 Å². The van der Waals surface area contributed by atoms with Gasteiger partial charge in [-0.25, -0.2) is 4.79 Å². The molecule has 0 spiro atoms. The van der Waals surface area contributed by atoms with Crippen molar-refractivity contribution < 1.29 is 14.3 Å². The van der Waals surface area contributed by atoms with Crippen LogP contribution in [0.2, 0.25) is 0 Å². The van der Waals surface area contributed by atoms with Gasteiger partial charge >= 0.3 is 5.97 Å². The summed E-state index contributed by atoms with van der Waals surface area (Å²) < 4.78 is 5.15. The molecule has 0 radical (unpaired) electrons. The van der Waals surface area contributed by atoms with Crippen LogP contribution in [0.15, 0.2) is 28.9 Å². The lowest BCUT2D eigenvalue weighted by Crippen LogP contribution is -2.13. The molecule has 0 aromatic carbocycles. The van der Waals surface area contributed by atoms with Crippen molar-refractivity contribution in [2.24, 2.45) is 0 Å². The zero-order valence-electron chi connectivity index (χ0n) is 10.9. The van der Waals surface area contributed by atoms with Crippen molar-refractivity contribution >= 4 is 5.97 Å². The summed E-state index contributed by atoms with van der Waals surface area (Å²) in [6.07, 6.45) is 3.59.